The van der Waals surface area contributed by atoms with Gasteiger partial charge in [0.15, 0.2) is 11.4 Å². The first-order chi connectivity index (χ1) is 15.2. The number of ketones is 1. The SMILES string of the molecule is Cc1ccc(CN2C(=O)C(O)(CC(=O)c3ccc([N+](=O)[O-])cc3)c3ccccc32)c(C)c1. The molecule has 4 rings (SSSR count). The highest BCUT2D eigenvalue weighted by Gasteiger charge is 2.50. The van der Waals surface area contributed by atoms with Gasteiger partial charge in [-0.1, -0.05) is 42.0 Å². The maximum atomic E-state index is 13.4. The van der Waals surface area contributed by atoms with Gasteiger partial charge in [-0.05, 0) is 43.2 Å². The predicted octanol–water partition coefficient (Wildman–Crippen LogP) is 4.22. The lowest BCUT2D eigenvalue weighted by molar-refractivity contribution is -0.384. The molecule has 32 heavy (non-hydrogen) atoms. The third-order valence-corrected chi connectivity index (χ3v) is 5.88. The van der Waals surface area contributed by atoms with Gasteiger partial charge < -0.3 is 10.0 Å². The van der Waals surface area contributed by atoms with Crippen LogP contribution in [0.1, 0.15) is 39.0 Å². The molecule has 0 saturated heterocycles. The van der Waals surface area contributed by atoms with Crippen LogP contribution in [0.3, 0.4) is 0 Å². The fourth-order valence-electron chi connectivity index (χ4n) is 4.13. The lowest BCUT2D eigenvalue weighted by atomic mass is 9.88. The fraction of sp³-hybridized carbons (Fsp3) is 0.200. The Bertz CT molecular complexity index is 1240. The number of anilines is 1. The molecule has 1 amide bonds. The van der Waals surface area contributed by atoms with Crippen molar-refractivity contribution < 1.29 is 19.6 Å². The molecular formula is C25H22N2O5. The van der Waals surface area contributed by atoms with Crippen LogP contribution in [0.15, 0.2) is 66.7 Å². The van der Waals surface area contributed by atoms with Gasteiger partial charge in [-0.2, -0.15) is 0 Å². The zero-order chi connectivity index (χ0) is 23.0. The van der Waals surface area contributed by atoms with Crippen LogP contribution in [0.2, 0.25) is 0 Å². The Balaban J connectivity index is 1.65. The highest BCUT2D eigenvalue weighted by atomic mass is 16.6. The van der Waals surface area contributed by atoms with Gasteiger partial charge in [0.1, 0.15) is 0 Å². The molecular weight excluding hydrogens is 408 g/mol. The van der Waals surface area contributed by atoms with E-state index in [2.05, 4.69) is 0 Å². The second-order valence-electron chi connectivity index (χ2n) is 8.10. The maximum Gasteiger partial charge on any atom is 0.269 e. The number of Topliss-reactive ketones (excluding diaryl/α,β-unsaturated/α-hetero) is 1. The molecule has 0 radical (unpaired) electrons. The van der Waals surface area contributed by atoms with E-state index in [1.165, 1.54) is 29.2 Å². The second-order valence-corrected chi connectivity index (χ2v) is 8.10. The number of aliphatic hydroxyl groups is 1. The van der Waals surface area contributed by atoms with E-state index in [9.17, 15) is 24.8 Å². The number of carbonyl (C=O) groups excluding carboxylic acids is 2. The molecule has 1 aliphatic heterocycles. The van der Waals surface area contributed by atoms with E-state index >= 15 is 0 Å². The van der Waals surface area contributed by atoms with Gasteiger partial charge in [0.25, 0.3) is 11.6 Å². The summed E-state index contributed by atoms with van der Waals surface area (Å²) in [5.74, 6) is -1.03. The zero-order valence-electron chi connectivity index (χ0n) is 17.7. The molecule has 0 saturated carbocycles. The summed E-state index contributed by atoms with van der Waals surface area (Å²) in [4.78, 5) is 38.1. The summed E-state index contributed by atoms with van der Waals surface area (Å²) < 4.78 is 0. The Hall–Kier alpha value is -3.84. The van der Waals surface area contributed by atoms with Crippen LogP contribution >= 0.6 is 0 Å². The zero-order valence-corrected chi connectivity index (χ0v) is 17.7. The Morgan fingerprint density at radius 2 is 1.75 bits per heavy atom. The number of rotatable bonds is 6. The summed E-state index contributed by atoms with van der Waals surface area (Å²) in [5.41, 5.74) is 2.10. The molecule has 1 aliphatic rings. The average molecular weight is 430 g/mol. The molecule has 3 aromatic rings. The van der Waals surface area contributed by atoms with E-state index in [4.69, 9.17) is 0 Å². The minimum Gasteiger partial charge on any atom is -0.375 e. The van der Waals surface area contributed by atoms with E-state index in [-0.39, 0.29) is 17.8 Å². The number of hydrogen-bond acceptors (Lipinski definition) is 5. The lowest BCUT2D eigenvalue weighted by Gasteiger charge is -2.23. The number of para-hydroxylation sites is 1. The molecule has 1 N–H and O–H groups in total. The maximum absolute atomic E-state index is 13.4. The summed E-state index contributed by atoms with van der Waals surface area (Å²) >= 11 is 0. The van der Waals surface area contributed by atoms with Crippen molar-refractivity contribution in [3.63, 3.8) is 0 Å². The third-order valence-electron chi connectivity index (χ3n) is 5.88. The van der Waals surface area contributed by atoms with Crippen molar-refractivity contribution in [2.75, 3.05) is 4.90 Å². The van der Waals surface area contributed by atoms with Gasteiger partial charge in [-0.15, -0.1) is 0 Å². The first kappa shape index (κ1) is 21.4. The summed E-state index contributed by atoms with van der Waals surface area (Å²) in [6.45, 7) is 4.24. The monoisotopic (exact) mass is 430 g/mol. The van der Waals surface area contributed by atoms with Gasteiger partial charge in [0.05, 0.1) is 23.6 Å². The van der Waals surface area contributed by atoms with Crippen LogP contribution in [-0.4, -0.2) is 21.7 Å². The molecule has 0 aliphatic carbocycles. The number of nitro groups is 1. The quantitative estimate of drug-likeness (QED) is 0.358. The highest BCUT2D eigenvalue weighted by Crippen LogP contribution is 2.43. The number of non-ortho nitro benzene ring substituents is 1. The molecule has 0 bridgehead atoms. The summed E-state index contributed by atoms with van der Waals surface area (Å²) in [7, 11) is 0. The first-order valence-corrected chi connectivity index (χ1v) is 10.2. The van der Waals surface area contributed by atoms with Crippen molar-refractivity contribution in [2.45, 2.75) is 32.4 Å². The van der Waals surface area contributed by atoms with Gasteiger partial charge >= 0.3 is 0 Å². The van der Waals surface area contributed by atoms with E-state index in [1.807, 2.05) is 32.0 Å². The van der Waals surface area contributed by atoms with Gasteiger partial charge in [-0.25, -0.2) is 0 Å². The molecule has 0 aromatic heterocycles. The van der Waals surface area contributed by atoms with E-state index in [0.29, 0.717) is 11.3 Å². The fourth-order valence-corrected chi connectivity index (χ4v) is 4.13. The number of benzene rings is 3. The van der Waals surface area contributed by atoms with Crippen LogP contribution in [0.5, 0.6) is 0 Å². The van der Waals surface area contributed by atoms with Gasteiger partial charge in [-0.3, -0.25) is 19.7 Å². The number of nitro benzene ring substituents is 1. The molecule has 3 aromatic carbocycles. The van der Waals surface area contributed by atoms with E-state index < -0.39 is 28.6 Å². The number of hydrogen-bond donors (Lipinski definition) is 1. The molecule has 1 heterocycles. The van der Waals surface area contributed by atoms with Crippen molar-refractivity contribution in [1.29, 1.82) is 0 Å². The van der Waals surface area contributed by atoms with Crippen molar-refractivity contribution in [2.24, 2.45) is 0 Å². The Labute approximate surface area is 185 Å². The smallest absolute Gasteiger partial charge is 0.269 e. The molecule has 1 unspecified atom stereocenters. The molecule has 1 atom stereocenters. The van der Waals surface area contributed by atoms with Crippen molar-refractivity contribution >= 4 is 23.1 Å². The highest BCUT2D eigenvalue weighted by molar-refractivity contribution is 6.10. The number of amides is 1. The Morgan fingerprint density at radius 3 is 2.41 bits per heavy atom. The molecule has 7 heteroatoms. The second kappa shape index (κ2) is 8.01. The molecule has 0 fully saturated rings. The molecule has 162 valence electrons. The Kier molecular flexibility index (Phi) is 5.36. The summed E-state index contributed by atoms with van der Waals surface area (Å²) in [6, 6.07) is 18.0. The van der Waals surface area contributed by atoms with Crippen molar-refractivity contribution in [1.82, 2.24) is 0 Å². The van der Waals surface area contributed by atoms with E-state index in [0.717, 1.165) is 16.7 Å². The topological polar surface area (TPSA) is 101 Å². The van der Waals surface area contributed by atoms with Crippen molar-refractivity contribution in [3.05, 3.63) is 105 Å². The minimum absolute atomic E-state index is 0.137. The summed E-state index contributed by atoms with van der Waals surface area (Å²) in [5, 5.41) is 22.3. The van der Waals surface area contributed by atoms with Gasteiger partial charge in [0, 0.05) is 23.3 Å². The minimum atomic E-state index is -2.01. The standard InChI is InChI=1S/C25H22N2O5/c1-16-7-8-19(17(2)13-16)15-26-22-6-4-3-5-21(22)25(30,24(26)29)14-23(28)18-9-11-20(12-10-18)27(31)32/h3-13,30H,14-15H2,1-2H3. The number of aryl methyl sites for hydroxylation is 2. The number of carbonyl (C=O) groups is 2. The van der Waals surface area contributed by atoms with Crippen LogP contribution in [0, 0.1) is 24.0 Å². The van der Waals surface area contributed by atoms with Crippen LogP contribution in [-0.2, 0) is 16.9 Å². The third kappa shape index (κ3) is 3.67. The van der Waals surface area contributed by atoms with Gasteiger partial charge in [0.2, 0.25) is 0 Å². The predicted molar refractivity (Wildman–Crippen MR) is 119 cm³/mol. The van der Waals surface area contributed by atoms with Crippen molar-refractivity contribution in [3.8, 4) is 0 Å². The largest absolute Gasteiger partial charge is 0.375 e. The summed E-state index contributed by atoms with van der Waals surface area (Å²) in [6.07, 6.45) is -0.454. The van der Waals surface area contributed by atoms with E-state index in [1.54, 1.807) is 24.3 Å². The average Bonchev–Trinajstić information content (AvgIpc) is 2.97. The van der Waals surface area contributed by atoms with Crippen LogP contribution < -0.4 is 4.90 Å². The Morgan fingerprint density at radius 1 is 1.06 bits per heavy atom. The van der Waals surface area contributed by atoms with Crippen LogP contribution in [0.25, 0.3) is 0 Å². The van der Waals surface area contributed by atoms with Crippen LogP contribution in [0.4, 0.5) is 11.4 Å². The molecule has 0 spiro atoms. The normalized spacial score (nSPS) is 17.3. The number of nitrogens with zero attached hydrogens (tertiary/aromatic N) is 2. The number of fused-ring (bicyclic) bond motifs is 1. The molecule has 7 nitrogen and oxygen atoms in total. The first-order valence-electron chi connectivity index (χ1n) is 10.2. The lowest BCUT2D eigenvalue weighted by Crippen LogP contribution is -2.41.